The molecule has 5 nitrogen and oxygen atoms in total. The van der Waals surface area contributed by atoms with Crippen molar-refractivity contribution in [1.82, 2.24) is 5.32 Å². The number of rotatable bonds is 6. The lowest BCUT2D eigenvalue weighted by Crippen LogP contribution is -2.13. The number of benzene rings is 1. The van der Waals surface area contributed by atoms with Crippen LogP contribution < -0.4 is 10.0 Å². The zero-order valence-corrected chi connectivity index (χ0v) is 15.1. The lowest BCUT2D eigenvalue weighted by atomic mass is 10.1. The molecule has 0 radical (unpaired) electrons. The van der Waals surface area contributed by atoms with Crippen molar-refractivity contribution in [3.05, 3.63) is 58.6 Å². The van der Waals surface area contributed by atoms with Gasteiger partial charge in [0.15, 0.2) is 0 Å². The third-order valence-electron chi connectivity index (χ3n) is 3.31. The van der Waals surface area contributed by atoms with Gasteiger partial charge in [0.25, 0.3) is 10.0 Å². The fourth-order valence-corrected chi connectivity index (χ4v) is 4.83. The minimum atomic E-state index is -3.72. The molecule has 0 aliphatic heterocycles. The maximum absolute atomic E-state index is 12.6. The van der Waals surface area contributed by atoms with Crippen LogP contribution in [0.1, 0.15) is 5.56 Å². The molecule has 2 heterocycles. The van der Waals surface area contributed by atoms with Crippen LogP contribution in [0, 0.1) is 0 Å². The molecular weight excluding hydrogens is 368 g/mol. The first-order valence-corrected chi connectivity index (χ1v) is 9.77. The van der Waals surface area contributed by atoms with Gasteiger partial charge in [-0.1, -0.05) is 17.7 Å². The number of sulfonamides is 1. The summed E-state index contributed by atoms with van der Waals surface area (Å²) in [6, 6.07) is 12.1. The topological polar surface area (TPSA) is 71.3 Å². The van der Waals surface area contributed by atoms with Crippen molar-refractivity contribution in [2.24, 2.45) is 0 Å². The van der Waals surface area contributed by atoms with Gasteiger partial charge in [0.2, 0.25) is 0 Å². The number of nitrogens with one attached hydrogen (secondary N) is 2. The highest BCUT2D eigenvalue weighted by molar-refractivity contribution is 7.94. The zero-order valence-electron chi connectivity index (χ0n) is 12.7. The Morgan fingerprint density at radius 1 is 1.21 bits per heavy atom. The Balaban J connectivity index is 2.03. The first-order valence-electron chi connectivity index (χ1n) is 7.09. The van der Waals surface area contributed by atoms with Crippen molar-refractivity contribution < 1.29 is 12.8 Å². The van der Waals surface area contributed by atoms with Crippen molar-refractivity contribution in [3.63, 3.8) is 0 Å². The molecule has 1 aromatic carbocycles. The zero-order chi connectivity index (χ0) is 17.2. The summed E-state index contributed by atoms with van der Waals surface area (Å²) in [6.45, 7) is 0.623. The number of hydrogen-bond acceptors (Lipinski definition) is 5. The molecule has 2 N–H and O–H groups in total. The first-order chi connectivity index (χ1) is 11.5. The van der Waals surface area contributed by atoms with Crippen LogP contribution in [-0.2, 0) is 16.6 Å². The molecule has 126 valence electrons. The fraction of sp³-hybridized carbons (Fsp3) is 0.125. The second kappa shape index (κ2) is 6.98. The molecule has 8 heteroatoms. The molecule has 0 unspecified atom stereocenters. The lowest BCUT2D eigenvalue weighted by Gasteiger charge is -2.12. The molecule has 0 atom stereocenters. The highest BCUT2D eigenvalue weighted by Gasteiger charge is 2.20. The minimum Gasteiger partial charge on any atom is -0.464 e. The molecule has 3 aromatic rings. The van der Waals surface area contributed by atoms with Crippen LogP contribution in [0.15, 0.2) is 57.4 Å². The summed E-state index contributed by atoms with van der Waals surface area (Å²) in [5.41, 5.74) is 2.09. The van der Waals surface area contributed by atoms with E-state index in [9.17, 15) is 8.42 Å². The third kappa shape index (κ3) is 3.64. The number of thiophene rings is 1. The van der Waals surface area contributed by atoms with Crippen molar-refractivity contribution in [2.45, 2.75) is 10.8 Å². The summed E-state index contributed by atoms with van der Waals surface area (Å²) in [4.78, 5) is 0. The Labute approximate surface area is 149 Å². The monoisotopic (exact) mass is 382 g/mol. The SMILES string of the molecule is CNCc1ccc(-c2ccco2)c(NS(=O)(=O)c2ccc(Cl)s2)c1. The molecule has 0 saturated carbocycles. The predicted molar refractivity (Wildman–Crippen MR) is 97.0 cm³/mol. The molecule has 0 spiro atoms. The highest BCUT2D eigenvalue weighted by Crippen LogP contribution is 2.33. The van der Waals surface area contributed by atoms with E-state index >= 15 is 0 Å². The number of hydrogen-bond donors (Lipinski definition) is 2. The first kappa shape index (κ1) is 17.0. The summed E-state index contributed by atoms with van der Waals surface area (Å²) in [5.74, 6) is 0.591. The van der Waals surface area contributed by atoms with E-state index in [-0.39, 0.29) is 4.21 Å². The van der Waals surface area contributed by atoms with Crippen molar-refractivity contribution in [1.29, 1.82) is 0 Å². The Bertz CT molecular complexity index is 934. The van der Waals surface area contributed by atoms with E-state index < -0.39 is 10.0 Å². The molecule has 0 bridgehead atoms. The van der Waals surface area contributed by atoms with Crippen LogP contribution in [0.4, 0.5) is 5.69 Å². The van der Waals surface area contributed by atoms with E-state index in [1.54, 1.807) is 30.5 Å². The van der Waals surface area contributed by atoms with Gasteiger partial charge < -0.3 is 9.73 Å². The smallest absolute Gasteiger partial charge is 0.271 e. The van der Waals surface area contributed by atoms with Gasteiger partial charge >= 0.3 is 0 Å². The Morgan fingerprint density at radius 3 is 2.67 bits per heavy atom. The molecule has 0 amide bonds. The number of anilines is 1. The van der Waals surface area contributed by atoms with Gasteiger partial charge in [-0.15, -0.1) is 11.3 Å². The van der Waals surface area contributed by atoms with Gasteiger partial charge in [-0.2, -0.15) is 0 Å². The average Bonchev–Trinajstić information content (AvgIpc) is 3.19. The largest absolute Gasteiger partial charge is 0.464 e. The van der Waals surface area contributed by atoms with Gasteiger partial charge in [-0.05, 0) is 49.0 Å². The van der Waals surface area contributed by atoms with Crippen LogP contribution in [0.3, 0.4) is 0 Å². The lowest BCUT2D eigenvalue weighted by molar-refractivity contribution is 0.582. The standard InChI is InChI=1S/C16H15ClN2O3S2/c1-18-10-11-4-5-12(14-3-2-8-22-14)13(9-11)19-24(20,21)16-7-6-15(17)23-16/h2-9,18-19H,10H2,1H3. The summed E-state index contributed by atoms with van der Waals surface area (Å²) < 4.78 is 33.8. The van der Waals surface area contributed by atoms with Crippen LogP contribution in [0.2, 0.25) is 4.34 Å². The molecule has 0 aliphatic carbocycles. The van der Waals surface area contributed by atoms with Gasteiger partial charge in [0, 0.05) is 12.1 Å². The molecule has 0 fully saturated rings. The predicted octanol–water partition coefficient (Wildman–Crippen LogP) is 4.18. The third-order valence-corrected chi connectivity index (χ3v) is 6.40. The Hall–Kier alpha value is -1.80. The quantitative estimate of drug-likeness (QED) is 0.670. The van der Waals surface area contributed by atoms with Crippen LogP contribution in [0.25, 0.3) is 11.3 Å². The van der Waals surface area contributed by atoms with E-state index in [2.05, 4.69) is 10.0 Å². The summed E-state index contributed by atoms with van der Waals surface area (Å²) in [7, 11) is -1.88. The molecular formula is C16H15ClN2O3S2. The molecule has 3 rings (SSSR count). The maximum atomic E-state index is 12.6. The van der Waals surface area contributed by atoms with E-state index in [1.807, 2.05) is 19.2 Å². The molecule has 2 aromatic heterocycles. The van der Waals surface area contributed by atoms with Crippen LogP contribution in [0.5, 0.6) is 0 Å². The number of furan rings is 1. The summed E-state index contributed by atoms with van der Waals surface area (Å²) >= 11 is 6.86. The van der Waals surface area contributed by atoms with E-state index in [0.29, 0.717) is 27.9 Å². The second-order valence-corrected chi connectivity index (χ2v) is 8.68. The minimum absolute atomic E-state index is 0.164. The van der Waals surface area contributed by atoms with Crippen molar-refractivity contribution in [3.8, 4) is 11.3 Å². The molecule has 0 aliphatic rings. The fourth-order valence-electron chi connectivity index (χ4n) is 2.27. The van der Waals surface area contributed by atoms with Crippen molar-refractivity contribution >= 4 is 38.6 Å². The van der Waals surface area contributed by atoms with Crippen molar-refractivity contribution in [2.75, 3.05) is 11.8 Å². The van der Waals surface area contributed by atoms with Gasteiger partial charge in [0.05, 0.1) is 16.3 Å². The highest BCUT2D eigenvalue weighted by atomic mass is 35.5. The Morgan fingerprint density at radius 2 is 2.04 bits per heavy atom. The molecule has 0 saturated heterocycles. The van der Waals surface area contributed by atoms with Crippen LogP contribution >= 0.6 is 22.9 Å². The van der Waals surface area contributed by atoms with E-state index in [1.165, 1.54) is 6.07 Å². The van der Waals surface area contributed by atoms with Crippen LogP contribution in [-0.4, -0.2) is 15.5 Å². The van der Waals surface area contributed by atoms with Gasteiger partial charge in [0.1, 0.15) is 9.97 Å². The summed E-state index contributed by atoms with van der Waals surface area (Å²) in [6.07, 6.45) is 1.55. The second-order valence-electron chi connectivity index (χ2n) is 5.05. The molecule has 24 heavy (non-hydrogen) atoms. The maximum Gasteiger partial charge on any atom is 0.271 e. The average molecular weight is 383 g/mol. The Kier molecular flexibility index (Phi) is 4.96. The van der Waals surface area contributed by atoms with Gasteiger partial charge in [-0.3, -0.25) is 4.72 Å². The summed E-state index contributed by atoms with van der Waals surface area (Å²) in [5, 5.41) is 3.05. The number of halogens is 1. The van der Waals surface area contributed by atoms with E-state index in [4.69, 9.17) is 16.0 Å². The normalized spacial score (nSPS) is 11.6. The van der Waals surface area contributed by atoms with Gasteiger partial charge in [-0.25, -0.2) is 8.42 Å². The van der Waals surface area contributed by atoms with E-state index in [0.717, 1.165) is 16.9 Å².